The van der Waals surface area contributed by atoms with Crippen molar-refractivity contribution in [2.45, 2.75) is 46.7 Å². The molecule has 2 fully saturated rings. The molecule has 1 heterocycles. The molecule has 1 saturated carbocycles. The average molecular weight is 450 g/mol. The van der Waals surface area contributed by atoms with E-state index in [2.05, 4.69) is 29.6 Å². The maximum Gasteiger partial charge on any atom is 0.413 e. The van der Waals surface area contributed by atoms with Crippen LogP contribution in [0.2, 0.25) is 0 Å². The molecule has 3 rings (SSSR count). The maximum atomic E-state index is 13.5. The minimum absolute atomic E-state index is 0.0265. The van der Waals surface area contributed by atoms with Crippen LogP contribution in [0, 0.1) is 22.7 Å². The van der Waals surface area contributed by atoms with Crippen molar-refractivity contribution in [3.8, 4) is 5.75 Å². The van der Waals surface area contributed by atoms with Gasteiger partial charge in [0.05, 0.1) is 12.8 Å². The molecule has 0 aromatic heterocycles. The first-order valence-electron chi connectivity index (χ1n) is 10.4. The number of hydrogen-bond donors (Lipinski definition) is 3. The van der Waals surface area contributed by atoms with Crippen LogP contribution in [-0.2, 0) is 19.3 Å². The molecule has 0 radical (unpaired) electrons. The first kappa shape index (κ1) is 23.8. The predicted octanol–water partition coefficient (Wildman–Crippen LogP) is 2.66. The number of benzene rings is 1. The monoisotopic (exact) mass is 449 g/mol. The van der Waals surface area contributed by atoms with Crippen LogP contribution in [0.4, 0.5) is 10.5 Å². The van der Waals surface area contributed by atoms with Crippen LogP contribution in [0.3, 0.4) is 0 Å². The van der Waals surface area contributed by atoms with Crippen molar-refractivity contribution >= 4 is 23.7 Å². The lowest BCUT2D eigenvalue weighted by atomic mass is 9.85. The highest BCUT2D eigenvalue weighted by atomic mass is 17.2. The molecular weight excluding hydrogens is 418 g/mol. The second kappa shape index (κ2) is 8.59. The number of amides is 2. The molecule has 10 nitrogen and oxygen atoms in total. The third kappa shape index (κ3) is 4.51. The molecule has 0 bridgehead atoms. The van der Waals surface area contributed by atoms with Crippen LogP contribution >= 0.6 is 0 Å². The number of nitrogens with zero attached hydrogens (tertiary/aromatic N) is 1. The van der Waals surface area contributed by atoms with Crippen LogP contribution in [-0.4, -0.2) is 53.9 Å². The zero-order valence-electron chi connectivity index (χ0n) is 19.2. The van der Waals surface area contributed by atoms with Crippen molar-refractivity contribution in [1.29, 1.82) is 0 Å². The van der Waals surface area contributed by atoms with E-state index in [-0.39, 0.29) is 28.9 Å². The molecule has 1 aliphatic heterocycles. The van der Waals surface area contributed by atoms with Gasteiger partial charge in [-0.25, -0.2) is 20.3 Å². The third-order valence-electron chi connectivity index (χ3n) is 6.54. The second-order valence-electron chi connectivity index (χ2n) is 9.96. The van der Waals surface area contributed by atoms with E-state index in [1.807, 2.05) is 20.8 Å². The molecule has 0 unspecified atom stereocenters. The Balaban J connectivity index is 1.73. The number of carbonyl (C=O) groups excluding carboxylic acids is 3. The lowest BCUT2D eigenvalue weighted by Crippen LogP contribution is -2.58. The van der Waals surface area contributed by atoms with Crippen molar-refractivity contribution in [3.63, 3.8) is 0 Å². The second-order valence-corrected chi connectivity index (χ2v) is 9.96. The van der Waals surface area contributed by atoms with Gasteiger partial charge in [0.2, 0.25) is 5.91 Å². The summed E-state index contributed by atoms with van der Waals surface area (Å²) in [6, 6.07) is 4.49. The summed E-state index contributed by atoms with van der Waals surface area (Å²) in [7, 11) is 1.32. The molecule has 176 valence electrons. The van der Waals surface area contributed by atoms with E-state index >= 15 is 0 Å². The highest BCUT2D eigenvalue weighted by Crippen LogP contribution is 2.65. The Morgan fingerprint density at radius 1 is 1.19 bits per heavy atom. The number of likely N-dealkylation sites (tertiary alicyclic amines) is 1. The van der Waals surface area contributed by atoms with Gasteiger partial charge in [-0.2, -0.15) is 0 Å². The summed E-state index contributed by atoms with van der Waals surface area (Å²) < 4.78 is 10.3. The fraction of sp³-hybridized carbons (Fsp3) is 0.591. The molecular formula is C22H31N3O7. The van der Waals surface area contributed by atoms with Gasteiger partial charge in [0.25, 0.3) is 0 Å². The zero-order chi connectivity index (χ0) is 23.8. The standard InChI is InChI=1S/C22H31N3O7/c1-21(2,3)17(23-20(28)31-13-9-7-12(8-10-13)24-32-29)18(26)25-11-14-15(22(14,4)5)16(25)19(27)30-6/h7-10,14-17,24,29H,11H2,1-6H3,(H,23,28)/t14-,15-,16-,17+/m0/s1. The zero-order valence-corrected chi connectivity index (χ0v) is 19.2. The van der Waals surface area contributed by atoms with Gasteiger partial charge in [-0.3, -0.25) is 4.79 Å². The first-order valence-corrected chi connectivity index (χ1v) is 10.4. The van der Waals surface area contributed by atoms with Crippen LogP contribution in [0.5, 0.6) is 5.75 Å². The normalized spacial score (nSPS) is 24.2. The smallest absolute Gasteiger partial charge is 0.413 e. The van der Waals surface area contributed by atoms with E-state index in [0.29, 0.717) is 12.2 Å². The molecule has 3 N–H and O–H groups in total. The predicted molar refractivity (Wildman–Crippen MR) is 114 cm³/mol. The third-order valence-corrected chi connectivity index (χ3v) is 6.54. The van der Waals surface area contributed by atoms with Crippen LogP contribution in [0.25, 0.3) is 0 Å². The van der Waals surface area contributed by atoms with E-state index in [4.69, 9.17) is 14.7 Å². The number of rotatable bonds is 6. The minimum atomic E-state index is -0.911. The van der Waals surface area contributed by atoms with Gasteiger partial charge in [-0.05, 0) is 41.0 Å². The molecule has 2 amide bonds. The summed E-state index contributed by atoms with van der Waals surface area (Å²) in [5.74, 6) is -0.276. The Labute approximate surface area is 187 Å². The molecule has 32 heavy (non-hydrogen) atoms. The molecule has 1 aromatic carbocycles. The van der Waals surface area contributed by atoms with E-state index in [1.54, 1.807) is 0 Å². The largest absolute Gasteiger partial charge is 0.467 e. The number of ether oxygens (including phenoxy) is 2. The Bertz CT molecular complexity index is 879. The Morgan fingerprint density at radius 2 is 1.81 bits per heavy atom. The molecule has 1 saturated heterocycles. The van der Waals surface area contributed by atoms with Gasteiger partial charge in [0, 0.05) is 12.5 Å². The number of fused-ring (bicyclic) bond motifs is 1. The quantitative estimate of drug-likeness (QED) is 0.344. The van der Waals surface area contributed by atoms with Gasteiger partial charge in [0.1, 0.15) is 17.8 Å². The summed E-state index contributed by atoms with van der Waals surface area (Å²) in [6.45, 7) is 10.1. The van der Waals surface area contributed by atoms with E-state index in [1.165, 1.54) is 36.3 Å². The fourth-order valence-corrected chi connectivity index (χ4v) is 4.62. The Hall–Kier alpha value is -2.85. The van der Waals surface area contributed by atoms with Crippen molar-refractivity contribution in [1.82, 2.24) is 10.2 Å². The SMILES string of the molecule is COC(=O)[C@@H]1[C@@H]2[C@H](CN1C(=O)[C@@H](NC(=O)Oc1ccc(NOO)cc1)C(C)(C)C)C2(C)C. The van der Waals surface area contributed by atoms with Crippen LogP contribution < -0.4 is 15.5 Å². The summed E-state index contributed by atoms with van der Waals surface area (Å²) in [5.41, 5.74) is 2.02. The highest BCUT2D eigenvalue weighted by molar-refractivity contribution is 5.92. The number of methoxy groups -OCH3 is 1. The lowest BCUT2D eigenvalue weighted by Gasteiger charge is -2.36. The van der Waals surface area contributed by atoms with Crippen molar-refractivity contribution < 1.29 is 34.1 Å². The Morgan fingerprint density at radius 3 is 2.34 bits per heavy atom. The van der Waals surface area contributed by atoms with Crippen molar-refractivity contribution in [2.24, 2.45) is 22.7 Å². The molecule has 2 aliphatic rings. The topological polar surface area (TPSA) is 126 Å². The fourth-order valence-electron chi connectivity index (χ4n) is 4.62. The van der Waals surface area contributed by atoms with Gasteiger partial charge in [0.15, 0.2) is 0 Å². The molecule has 1 aliphatic carbocycles. The molecule has 4 atom stereocenters. The summed E-state index contributed by atoms with van der Waals surface area (Å²) in [6.07, 6.45) is -0.795. The van der Waals surface area contributed by atoms with Gasteiger partial charge in [-0.1, -0.05) is 34.6 Å². The van der Waals surface area contributed by atoms with E-state index in [0.717, 1.165) is 0 Å². The van der Waals surface area contributed by atoms with Gasteiger partial charge in [-0.15, -0.1) is 4.99 Å². The first-order chi connectivity index (χ1) is 14.9. The molecule has 10 heteroatoms. The van der Waals surface area contributed by atoms with Gasteiger partial charge >= 0.3 is 12.1 Å². The summed E-state index contributed by atoms with van der Waals surface area (Å²) >= 11 is 0. The van der Waals surface area contributed by atoms with Crippen LogP contribution in [0.15, 0.2) is 24.3 Å². The number of carbonyl (C=O) groups is 3. The summed E-state index contributed by atoms with van der Waals surface area (Å²) in [4.78, 5) is 43.9. The number of anilines is 1. The van der Waals surface area contributed by atoms with Crippen LogP contribution in [0.1, 0.15) is 34.6 Å². The number of piperidine rings is 1. The molecule has 1 aromatic rings. The maximum absolute atomic E-state index is 13.5. The lowest BCUT2D eigenvalue weighted by molar-refractivity contribution is -0.215. The Kier molecular flexibility index (Phi) is 6.39. The number of esters is 1. The number of hydrogen-bond acceptors (Lipinski definition) is 8. The van der Waals surface area contributed by atoms with E-state index in [9.17, 15) is 14.4 Å². The van der Waals surface area contributed by atoms with Crippen molar-refractivity contribution in [2.75, 3.05) is 19.1 Å². The number of nitrogens with one attached hydrogen (secondary N) is 2. The van der Waals surface area contributed by atoms with Crippen molar-refractivity contribution in [3.05, 3.63) is 24.3 Å². The highest BCUT2D eigenvalue weighted by Gasteiger charge is 2.70. The average Bonchev–Trinajstić information content (AvgIpc) is 3.06. The van der Waals surface area contributed by atoms with E-state index < -0.39 is 29.6 Å². The minimum Gasteiger partial charge on any atom is -0.467 e. The molecule has 0 spiro atoms. The van der Waals surface area contributed by atoms with Gasteiger partial charge < -0.3 is 19.7 Å². The summed E-state index contributed by atoms with van der Waals surface area (Å²) in [5, 5.41) is 11.1.